The van der Waals surface area contributed by atoms with Crippen LogP contribution in [0.2, 0.25) is 0 Å². The average molecular weight is 639 g/mol. The molecule has 0 amide bonds. The fraction of sp³-hybridized carbons (Fsp3) is 0.667. The Morgan fingerprint density at radius 3 is 1.87 bits per heavy atom. The first-order valence-electron chi connectivity index (χ1n) is 14.4. The summed E-state index contributed by atoms with van der Waals surface area (Å²) in [4.78, 5) is 76.1. The van der Waals surface area contributed by atoms with Crippen LogP contribution in [0.5, 0.6) is 0 Å². The van der Waals surface area contributed by atoms with E-state index in [9.17, 15) is 39.0 Å². The zero-order valence-electron chi connectivity index (χ0n) is 26.0. The SMILES string of the molecule is CC(=O)O[C@H]1[C@@H](OC(C)=O)[C@]2(CO2)[C@H]2[C@H](OC(C)=O)[C@]3(O)[C@H](/C=C(CO)\C=C\[C@H](OC(C)=O)[C@@]2(C)[C@H]1OC(C)=O)OC(=O)[C@@H]3C. The Kier molecular flexibility index (Phi) is 9.21. The van der Waals surface area contributed by atoms with Crippen molar-refractivity contribution in [1.29, 1.82) is 0 Å². The van der Waals surface area contributed by atoms with Gasteiger partial charge in [0, 0.05) is 40.5 Å². The second-order valence-electron chi connectivity index (χ2n) is 12.0. The van der Waals surface area contributed by atoms with E-state index in [1.807, 2.05) is 0 Å². The molecule has 0 aromatic heterocycles. The Morgan fingerprint density at radius 2 is 1.38 bits per heavy atom. The van der Waals surface area contributed by atoms with Crippen molar-refractivity contribution >= 4 is 35.8 Å². The van der Waals surface area contributed by atoms with Crippen molar-refractivity contribution in [2.24, 2.45) is 17.3 Å². The summed E-state index contributed by atoms with van der Waals surface area (Å²) in [7, 11) is 0. The Labute approximate surface area is 258 Å². The van der Waals surface area contributed by atoms with Crippen LogP contribution in [0.25, 0.3) is 0 Å². The minimum atomic E-state index is -2.38. The fourth-order valence-electron chi connectivity index (χ4n) is 7.11. The van der Waals surface area contributed by atoms with Crippen LogP contribution in [0.15, 0.2) is 23.8 Å². The molecule has 2 aliphatic carbocycles. The summed E-state index contributed by atoms with van der Waals surface area (Å²) in [6.07, 6.45) is -5.38. The number of esters is 6. The van der Waals surface area contributed by atoms with Crippen molar-refractivity contribution in [2.45, 2.75) is 96.3 Å². The monoisotopic (exact) mass is 638 g/mol. The van der Waals surface area contributed by atoms with Gasteiger partial charge in [-0.05, 0) is 24.6 Å². The normalized spacial score (nSPS) is 42.0. The Bertz CT molecular complexity index is 1330. The maximum absolute atomic E-state index is 13.1. The average Bonchev–Trinajstić information content (AvgIpc) is 3.68. The molecule has 15 heteroatoms. The molecule has 1 spiro atoms. The van der Waals surface area contributed by atoms with Gasteiger partial charge in [-0.3, -0.25) is 28.8 Å². The summed E-state index contributed by atoms with van der Waals surface area (Å²) in [5.74, 6) is -7.91. The van der Waals surface area contributed by atoms with Crippen molar-refractivity contribution in [3.05, 3.63) is 23.8 Å². The summed E-state index contributed by atoms with van der Waals surface area (Å²) < 4.78 is 40.4. The number of carbonyl (C=O) groups excluding carboxylic acids is 6. The van der Waals surface area contributed by atoms with Crippen LogP contribution in [-0.2, 0) is 61.9 Å². The minimum Gasteiger partial charge on any atom is -0.459 e. The van der Waals surface area contributed by atoms with Gasteiger partial charge >= 0.3 is 35.8 Å². The summed E-state index contributed by atoms with van der Waals surface area (Å²) in [6, 6.07) is 0. The number of carbonyl (C=O) groups is 6. The van der Waals surface area contributed by atoms with Crippen LogP contribution in [0.3, 0.4) is 0 Å². The first-order valence-corrected chi connectivity index (χ1v) is 14.4. The molecule has 0 bridgehead atoms. The first kappa shape index (κ1) is 34.1. The fourth-order valence-corrected chi connectivity index (χ4v) is 7.11. The largest absolute Gasteiger partial charge is 0.459 e. The van der Waals surface area contributed by atoms with Gasteiger partial charge in [0.1, 0.15) is 17.8 Å². The molecule has 11 atom stereocenters. The van der Waals surface area contributed by atoms with E-state index in [0.717, 1.165) is 34.6 Å². The van der Waals surface area contributed by atoms with Gasteiger partial charge in [-0.1, -0.05) is 13.0 Å². The molecule has 0 aromatic carbocycles. The lowest BCUT2D eigenvalue weighted by Gasteiger charge is -2.59. The number of aliphatic hydroxyl groups excluding tert-OH is 1. The number of hydrogen-bond acceptors (Lipinski definition) is 15. The van der Waals surface area contributed by atoms with E-state index in [1.54, 1.807) is 0 Å². The molecule has 248 valence electrons. The molecule has 1 saturated carbocycles. The smallest absolute Gasteiger partial charge is 0.312 e. The van der Waals surface area contributed by atoms with E-state index >= 15 is 0 Å². The van der Waals surface area contributed by atoms with Gasteiger partial charge in [0.25, 0.3) is 0 Å². The highest BCUT2D eigenvalue weighted by atomic mass is 16.7. The summed E-state index contributed by atoms with van der Waals surface area (Å²) in [6.45, 7) is 7.42. The lowest BCUT2D eigenvalue weighted by Crippen LogP contribution is -2.76. The number of fused-ring (bicyclic) bond motifs is 3. The molecule has 0 unspecified atom stereocenters. The number of ether oxygens (including phenoxy) is 7. The predicted octanol–water partition coefficient (Wildman–Crippen LogP) is -0.169. The van der Waals surface area contributed by atoms with Crippen molar-refractivity contribution in [2.75, 3.05) is 13.2 Å². The standard InChI is InChI=1S/C30H38O15/c1-13-27(37)45-21-10-19(11-31)8-9-20(40-14(2)32)28(7)23(26(30(13,21)38)44-18(6)36)29(12-39-29)25(43-17(5)35)22(41-15(3)33)24(28)42-16(4)34/h8-10,13,20-26,31,38H,11-12H2,1-7H3/b9-8+,19-10+/t13-,20-,21-,22+,23-,24-,25+,26-,28+,29-,30+/m0/s1. The lowest BCUT2D eigenvalue weighted by molar-refractivity contribution is -0.279. The molecule has 3 fully saturated rings. The van der Waals surface area contributed by atoms with Gasteiger partial charge in [-0.25, -0.2) is 0 Å². The highest BCUT2D eigenvalue weighted by Crippen LogP contribution is 2.63. The zero-order chi connectivity index (χ0) is 33.6. The van der Waals surface area contributed by atoms with Gasteiger partial charge in [0.15, 0.2) is 30.0 Å². The Morgan fingerprint density at radius 1 is 0.867 bits per heavy atom. The quantitative estimate of drug-likeness (QED) is 0.220. The Hall–Kier alpha value is -3.82. The van der Waals surface area contributed by atoms with Crippen LogP contribution in [0, 0.1) is 17.3 Å². The Balaban J connectivity index is 2.17. The molecule has 45 heavy (non-hydrogen) atoms. The number of hydrogen-bond donors (Lipinski definition) is 2. The van der Waals surface area contributed by atoms with Gasteiger partial charge in [-0.15, -0.1) is 0 Å². The van der Waals surface area contributed by atoms with Crippen molar-refractivity contribution < 1.29 is 72.1 Å². The molecule has 15 nitrogen and oxygen atoms in total. The molecule has 0 radical (unpaired) electrons. The van der Waals surface area contributed by atoms with E-state index in [2.05, 4.69) is 0 Å². The highest BCUT2D eigenvalue weighted by molar-refractivity contribution is 5.78. The summed E-state index contributed by atoms with van der Waals surface area (Å²) in [5, 5.41) is 22.8. The minimum absolute atomic E-state index is 0.118. The van der Waals surface area contributed by atoms with Crippen molar-refractivity contribution in [3.8, 4) is 0 Å². The summed E-state index contributed by atoms with van der Waals surface area (Å²) in [5.41, 5.74) is -5.83. The zero-order valence-corrected chi connectivity index (χ0v) is 26.0. The molecular weight excluding hydrogens is 600 g/mol. The molecule has 2 saturated heterocycles. The molecule has 4 rings (SSSR count). The molecule has 2 aliphatic heterocycles. The van der Waals surface area contributed by atoms with Crippen LogP contribution in [-0.4, -0.2) is 107 Å². The van der Waals surface area contributed by atoms with Crippen molar-refractivity contribution in [3.63, 3.8) is 0 Å². The van der Waals surface area contributed by atoms with E-state index in [0.29, 0.717) is 0 Å². The number of epoxide rings is 1. The molecular formula is C30H38O15. The van der Waals surface area contributed by atoms with Gasteiger partial charge in [0.2, 0.25) is 0 Å². The molecule has 4 aliphatic rings. The van der Waals surface area contributed by atoms with E-state index in [1.165, 1.54) is 32.1 Å². The van der Waals surface area contributed by atoms with Gasteiger partial charge in [0.05, 0.1) is 24.5 Å². The third-order valence-corrected chi connectivity index (χ3v) is 8.99. The molecule has 0 aromatic rings. The van der Waals surface area contributed by atoms with E-state index in [4.69, 9.17) is 33.2 Å². The van der Waals surface area contributed by atoms with Crippen molar-refractivity contribution in [1.82, 2.24) is 0 Å². The molecule has 2 N–H and O–H groups in total. The topological polar surface area (TPSA) is 211 Å². The van der Waals surface area contributed by atoms with Crippen LogP contribution >= 0.6 is 0 Å². The van der Waals surface area contributed by atoms with Crippen LogP contribution in [0.4, 0.5) is 0 Å². The summed E-state index contributed by atoms with van der Waals surface area (Å²) >= 11 is 0. The van der Waals surface area contributed by atoms with Gasteiger partial charge in [-0.2, -0.15) is 0 Å². The molecule has 2 heterocycles. The highest BCUT2D eigenvalue weighted by Gasteiger charge is 2.81. The van der Waals surface area contributed by atoms with E-state index < -0.39 is 107 Å². The lowest BCUT2D eigenvalue weighted by atomic mass is 9.51. The maximum atomic E-state index is 13.1. The third kappa shape index (κ3) is 5.84. The number of rotatable bonds is 6. The van der Waals surface area contributed by atoms with E-state index in [-0.39, 0.29) is 12.2 Å². The number of aliphatic hydroxyl groups is 2. The maximum Gasteiger partial charge on any atom is 0.312 e. The van der Waals surface area contributed by atoms with Crippen LogP contribution < -0.4 is 0 Å². The van der Waals surface area contributed by atoms with Gasteiger partial charge < -0.3 is 43.4 Å². The second-order valence-corrected chi connectivity index (χ2v) is 12.0. The second kappa shape index (κ2) is 12.2. The van der Waals surface area contributed by atoms with Crippen LogP contribution in [0.1, 0.15) is 48.5 Å². The third-order valence-electron chi connectivity index (χ3n) is 8.99. The predicted molar refractivity (Wildman–Crippen MR) is 146 cm³/mol. The first-order chi connectivity index (χ1) is 20.9.